The average molecular weight is 352 g/mol. The average Bonchev–Trinajstić information content (AvgIpc) is 2.94. The topological polar surface area (TPSA) is 88.9 Å². The molecule has 0 aliphatic carbocycles. The number of benzene rings is 1. The van der Waals surface area contributed by atoms with Crippen molar-refractivity contribution in [1.82, 2.24) is 4.90 Å². The second-order valence-electron chi connectivity index (χ2n) is 4.96. The van der Waals surface area contributed by atoms with E-state index in [2.05, 4.69) is 15.0 Å². The number of alkyl halides is 3. The normalized spacial score (nSPS) is 17.3. The first kappa shape index (κ1) is 17.5. The molecule has 1 aromatic rings. The number of nitrogens with one attached hydrogen (secondary N) is 1. The number of hydrogen-bond acceptors (Lipinski definition) is 4. The largest absolute Gasteiger partial charge is 0.573 e. The zero-order chi connectivity index (χ0) is 17.0. The van der Waals surface area contributed by atoms with E-state index < -0.39 is 18.4 Å². The van der Waals surface area contributed by atoms with Gasteiger partial charge in [-0.15, -0.1) is 13.2 Å². The minimum absolute atomic E-state index is 0.198. The van der Waals surface area contributed by atoms with Crippen molar-refractivity contribution < 1.29 is 17.9 Å². The Hall–Kier alpha value is -1.87. The fourth-order valence-corrected chi connectivity index (χ4v) is 2.39. The summed E-state index contributed by atoms with van der Waals surface area (Å²) in [6.45, 7) is 1.66. The molecule has 5 N–H and O–H groups in total. The molecule has 1 aromatic carbocycles. The van der Waals surface area contributed by atoms with Crippen LogP contribution in [0.15, 0.2) is 23.2 Å². The third-order valence-corrected chi connectivity index (χ3v) is 3.47. The second kappa shape index (κ2) is 7.14. The number of aliphatic imine (C=N–C) groups is 1. The van der Waals surface area contributed by atoms with Gasteiger partial charge in [0.15, 0.2) is 12.2 Å². The Balaban J connectivity index is 1.99. The van der Waals surface area contributed by atoms with Crippen molar-refractivity contribution in [2.24, 2.45) is 16.5 Å². The van der Waals surface area contributed by atoms with Crippen LogP contribution in [-0.4, -0.2) is 36.6 Å². The summed E-state index contributed by atoms with van der Waals surface area (Å²) in [5.41, 5.74) is 12.0. The van der Waals surface area contributed by atoms with E-state index in [1.54, 1.807) is 0 Å². The first-order valence-electron chi connectivity index (χ1n) is 6.90. The maximum Gasteiger partial charge on any atom is 0.573 e. The molecule has 1 fully saturated rings. The summed E-state index contributed by atoms with van der Waals surface area (Å²) in [4.78, 5) is 6.01. The highest BCUT2D eigenvalue weighted by molar-refractivity contribution is 6.32. The van der Waals surface area contributed by atoms with E-state index in [1.165, 1.54) is 12.1 Å². The molecule has 0 radical (unpaired) electrons. The highest BCUT2D eigenvalue weighted by atomic mass is 35.5. The summed E-state index contributed by atoms with van der Waals surface area (Å²) < 4.78 is 40.3. The summed E-state index contributed by atoms with van der Waals surface area (Å²) >= 11 is 5.75. The molecule has 1 atom stereocenters. The summed E-state index contributed by atoms with van der Waals surface area (Å²) in [7, 11) is 0. The molecule has 1 heterocycles. The van der Waals surface area contributed by atoms with Crippen LogP contribution >= 0.6 is 11.6 Å². The van der Waals surface area contributed by atoms with Crippen LogP contribution in [0.2, 0.25) is 5.02 Å². The van der Waals surface area contributed by atoms with Gasteiger partial charge >= 0.3 is 6.36 Å². The van der Waals surface area contributed by atoms with Gasteiger partial charge in [0.05, 0.1) is 5.02 Å². The molecule has 0 bridgehead atoms. The van der Waals surface area contributed by atoms with Crippen LogP contribution in [0.3, 0.4) is 0 Å². The predicted molar refractivity (Wildman–Crippen MR) is 82.2 cm³/mol. The van der Waals surface area contributed by atoms with Crippen molar-refractivity contribution in [3.63, 3.8) is 0 Å². The SMILES string of the molecule is NC(=N[C@H](N)Nc1ccc(OC(F)(F)F)c(Cl)c1)N1CCCC1. The molecule has 1 aliphatic rings. The van der Waals surface area contributed by atoms with E-state index in [0.29, 0.717) is 11.6 Å². The van der Waals surface area contributed by atoms with E-state index in [4.69, 9.17) is 23.1 Å². The van der Waals surface area contributed by atoms with Crippen LogP contribution in [0.25, 0.3) is 0 Å². The molecular formula is C13H17ClF3N5O. The predicted octanol–water partition coefficient (Wildman–Crippen LogP) is 2.30. The van der Waals surface area contributed by atoms with Gasteiger partial charge in [-0.2, -0.15) is 0 Å². The molecule has 0 aromatic heterocycles. The van der Waals surface area contributed by atoms with Crippen LogP contribution in [0.4, 0.5) is 18.9 Å². The quantitative estimate of drug-likeness (QED) is 0.440. The number of guanidine groups is 1. The molecule has 0 amide bonds. The molecule has 128 valence electrons. The summed E-state index contributed by atoms with van der Waals surface area (Å²) in [6.07, 6.45) is -3.55. The third-order valence-electron chi connectivity index (χ3n) is 3.17. The number of likely N-dealkylation sites (tertiary alicyclic amines) is 1. The molecule has 6 nitrogen and oxygen atoms in total. The standard InChI is InChI=1S/C13H17ClF3N5O/c14-9-7-8(3-4-10(9)23-13(15,16)17)20-11(18)21-12(19)22-5-1-2-6-22/h3-4,7,11,20H,1-2,5-6,18H2,(H2,19,21)/t11-/m1/s1. The molecule has 0 saturated carbocycles. The van der Waals surface area contributed by atoms with Crippen LogP contribution in [0.1, 0.15) is 12.8 Å². The lowest BCUT2D eigenvalue weighted by Gasteiger charge is -2.19. The Labute approximate surface area is 136 Å². The van der Waals surface area contributed by atoms with Crippen molar-refractivity contribution in [3.8, 4) is 5.75 Å². The molecule has 2 rings (SSSR count). The van der Waals surface area contributed by atoms with E-state index in [0.717, 1.165) is 32.0 Å². The molecular weight excluding hydrogens is 335 g/mol. The zero-order valence-electron chi connectivity index (χ0n) is 12.1. The smallest absolute Gasteiger partial charge is 0.404 e. The molecule has 23 heavy (non-hydrogen) atoms. The number of hydrogen-bond donors (Lipinski definition) is 3. The fourth-order valence-electron chi connectivity index (χ4n) is 2.17. The molecule has 0 unspecified atom stereocenters. The summed E-state index contributed by atoms with van der Waals surface area (Å²) in [6, 6.07) is 3.72. The zero-order valence-corrected chi connectivity index (χ0v) is 12.9. The van der Waals surface area contributed by atoms with Crippen LogP contribution in [0, 0.1) is 0 Å². The third kappa shape index (κ3) is 5.36. The maximum absolute atomic E-state index is 12.2. The van der Waals surface area contributed by atoms with Crippen LogP contribution < -0.4 is 21.5 Å². The van der Waals surface area contributed by atoms with Crippen molar-refractivity contribution in [2.45, 2.75) is 25.5 Å². The maximum atomic E-state index is 12.2. The van der Waals surface area contributed by atoms with Crippen molar-refractivity contribution in [2.75, 3.05) is 18.4 Å². The minimum atomic E-state index is -4.80. The van der Waals surface area contributed by atoms with Gasteiger partial charge in [0, 0.05) is 18.8 Å². The Kier molecular flexibility index (Phi) is 5.42. The van der Waals surface area contributed by atoms with Gasteiger partial charge in [-0.25, -0.2) is 4.99 Å². The van der Waals surface area contributed by atoms with Gasteiger partial charge in [0.2, 0.25) is 0 Å². The summed E-state index contributed by atoms with van der Waals surface area (Å²) in [5.74, 6) is -0.163. The number of nitrogens with zero attached hydrogens (tertiary/aromatic N) is 2. The van der Waals surface area contributed by atoms with Crippen molar-refractivity contribution in [3.05, 3.63) is 23.2 Å². The number of anilines is 1. The fraction of sp³-hybridized carbons (Fsp3) is 0.462. The Morgan fingerprint density at radius 3 is 2.57 bits per heavy atom. The first-order chi connectivity index (χ1) is 10.7. The van der Waals surface area contributed by atoms with Crippen molar-refractivity contribution in [1.29, 1.82) is 0 Å². The van der Waals surface area contributed by atoms with E-state index in [-0.39, 0.29) is 5.02 Å². The Bertz CT molecular complexity index is 575. The van der Waals surface area contributed by atoms with Crippen LogP contribution in [0.5, 0.6) is 5.75 Å². The van der Waals surface area contributed by atoms with E-state index in [1.807, 2.05) is 4.90 Å². The molecule has 1 aliphatic heterocycles. The molecule has 10 heteroatoms. The lowest BCUT2D eigenvalue weighted by molar-refractivity contribution is -0.274. The summed E-state index contributed by atoms with van der Waals surface area (Å²) in [5, 5.41) is 2.59. The highest BCUT2D eigenvalue weighted by Gasteiger charge is 2.32. The monoisotopic (exact) mass is 351 g/mol. The van der Waals surface area contributed by atoms with Gasteiger partial charge in [-0.3, -0.25) is 5.73 Å². The Morgan fingerprint density at radius 2 is 2.00 bits per heavy atom. The molecule has 1 saturated heterocycles. The van der Waals surface area contributed by atoms with Gasteiger partial charge < -0.3 is 20.7 Å². The number of rotatable bonds is 4. The minimum Gasteiger partial charge on any atom is -0.404 e. The first-order valence-corrected chi connectivity index (χ1v) is 7.28. The number of nitrogens with two attached hydrogens (primary N) is 2. The van der Waals surface area contributed by atoms with Gasteiger partial charge in [0.25, 0.3) is 0 Å². The number of halogens is 4. The highest BCUT2D eigenvalue weighted by Crippen LogP contribution is 2.32. The lowest BCUT2D eigenvalue weighted by Crippen LogP contribution is -2.39. The van der Waals surface area contributed by atoms with E-state index in [9.17, 15) is 13.2 Å². The lowest BCUT2D eigenvalue weighted by atomic mass is 10.3. The van der Waals surface area contributed by atoms with Gasteiger partial charge in [0.1, 0.15) is 5.75 Å². The molecule has 0 spiro atoms. The van der Waals surface area contributed by atoms with E-state index >= 15 is 0 Å². The second-order valence-corrected chi connectivity index (χ2v) is 5.37. The Morgan fingerprint density at radius 1 is 1.35 bits per heavy atom. The van der Waals surface area contributed by atoms with Gasteiger partial charge in [-0.1, -0.05) is 11.6 Å². The van der Waals surface area contributed by atoms with Crippen LogP contribution in [-0.2, 0) is 0 Å². The number of ether oxygens (including phenoxy) is 1. The van der Waals surface area contributed by atoms with Crippen molar-refractivity contribution >= 4 is 23.2 Å². The van der Waals surface area contributed by atoms with Gasteiger partial charge in [-0.05, 0) is 31.0 Å².